The Morgan fingerprint density at radius 2 is 2.31 bits per heavy atom. The zero-order valence-corrected chi connectivity index (χ0v) is 9.19. The molecule has 1 aromatic heterocycles. The molecule has 0 atom stereocenters. The maximum absolute atomic E-state index is 5.05. The van der Waals surface area contributed by atoms with Crippen molar-refractivity contribution in [3.63, 3.8) is 0 Å². The van der Waals surface area contributed by atoms with E-state index in [-0.39, 0.29) is 0 Å². The number of fused-ring (bicyclic) bond motifs is 1. The molecular formula is C9H8BrNOS. The molecule has 2 rings (SSSR count). The Morgan fingerprint density at radius 1 is 1.46 bits per heavy atom. The molecule has 1 heterocycles. The molecule has 4 heteroatoms. The van der Waals surface area contributed by atoms with Crippen LogP contribution in [0.15, 0.2) is 28.1 Å². The lowest BCUT2D eigenvalue weighted by atomic mass is 10.2. The highest BCUT2D eigenvalue weighted by atomic mass is 79.9. The first-order chi connectivity index (χ1) is 6.33. The second kappa shape index (κ2) is 3.75. The summed E-state index contributed by atoms with van der Waals surface area (Å²) in [6, 6.07) is 6.13. The molecule has 0 unspecified atom stereocenters. The van der Waals surface area contributed by atoms with Crippen molar-refractivity contribution in [1.82, 2.24) is 0 Å². The van der Waals surface area contributed by atoms with Gasteiger partial charge in [-0.2, -0.15) is 0 Å². The van der Waals surface area contributed by atoms with E-state index in [2.05, 4.69) is 32.2 Å². The van der Waals surface area contributed by atoms with Gasteiger partial charge in [0.2, 0.25) is 0 Å². The first kappa shape index (κ1) is 9.15. The molecule has 0 aliphatic rings. The van der Waals surface area contributed by atoms with E-state index in [1.54, 1.807) is 11.3 Å². The van der Waals surface area contributed by atoms with Gasteiger partial charge in [0, 0.05) is 14.6 Å². The summed E-state index contributed by atoms with van der Waals surface area (Å²) in [6.45, 7) is 0.461. The van der Waals surface area contributed by atoms with Gasteiger partial charge in [0.25, 0.3) is 0 Å². The highest BCUT2D eigenvalue weighted by molar-refractivity contribution is 9.10. The van der Waals surface area contributed by atoms with E-state index in [9.17, 15) is 0 Å². The van der Waals surface area contributed by atoms with Crippen molar-refractivity contribution in [2.24, 2.45) is 5.90 Å². The fraction of sp³-hybridized carbons (Fsp3) is 0.111. The third kappa shape index (κ3) is 1.62. The van der Waals surface area contributed by atoms with Crippen LogP contribution in [0.1, 0.15) is 5.56 Å². The molecule has 0 aliphatic heterocycles. The minimum Gasteiger partial charge on any atom is -0.300 e. The monoisotopic (exact) mass is 257 g/mol. The number of rotatable bonds is 2. The van der Waals surface area contributed by atoms with Crippen molar-refractivity contribution in [3.05, 3.63) is 33.6 Å². The number of nitrogens with two attached hydrogens (primary N) is 1. The van der Waals surface area contributed by atoms with Crippen molar-refractivity contribution in [2.45, 2.75) is 6.61 Å². The minimum atomic E-state index is 0.461. The van der Waals surface area contributed by atoms with Crippen LogP contribution in [0.2, 0.25) is 0 Å². The Hall–Kier alpha value is -0.420. The lowest BCUT2D eigenvalue weighted by molar-refractivity contribution is 0.125. The smallest absolute Gasteiger partial charge is 0.0944 e. The van der Waals surface area contributed by atoms with Gasteiger partial charge in [0.15, 0.2) is 0 Å². The first-order valence-electron chi connectivity index (χ1n) is 3.79. The molecule has 0 spiro atoms. The second-order valence-corrected chi connectivity index (χ2v) is 4.45. The summed E-state index contributed by atoms with van der Waals surface area (Å²) >= 11 is 5.21. The topological polar surface area (TPSA) is 35.2 Å². The van der Waals surface area contributed by atoms with E-state index in [0.717, 1.165) is 10.0 Å². The summed E-state index contributed by atoms with van der Waals surface area (Å²) in [5, 5.41) is 3.28. The Kier molecular flexibility index (Phi) is 2.64. The third-order valence-corrected chi connectivity index (χ3v) is 3.52. The van der Waals surface area contributed by atoms with Gasteiger partial charge in [0.05, 0.1) is 6.61 Å². The zero-order valence-electron chi connectivity index (χ0n) is 6.79. The standard InChI is InChI=1S/C9H8BrNOS/c10-7-2-1-3-8-9(7)6(4-12-11)5-13-8/h1-3,5H,4,11H2. The summed E-state index contributed by atoms with van der Waals surface area (Å²) in [6.07, 6.45) is 0. The molecule has 68 valence electrons. The van der Waals surface area contributed by atoms with Gasteiger partial charge in [-0.1, -0.05) is 22.0 Å². The molecule has 0 bridgehead atoms. The third-order valence-electron chi connectivity index (χ3n) is 1.86. The van der Waals surface area contributed by atoms with Crippen molar-refractivity contribution in [3.8, 4) is 0 Å². The lowest BCUT2D eigenvalue weighted by Crippen LogP contribution is -1.97. The lowest BCUT2D eigenvalue weighted by Gasteiger charge is -1.98. The van der Waals surface area contributed by atoms with Crippen LogP contribution in [-0.4, -0.2) is 0 Å². The van der Waals surface area contributed by atoms with Crippen molar-refractivity contribution in [2.75, 3.05) is 0 Å². The molecule has 0 aliphatic carbocycles. The molecule has 2 nitrogen and oxygen atoms in total. The molecule has 0 radical (unpaired) electrons. The number of thiophene rings is 1. The van der Waals surface area contributed by atoms with E-state index in [1.807, 2.05) is 12.1 Å². The largest absolute Gasteiger partial charge is 0.300 e. The van der Waals surface area contributed by atoms with Gasteiger partial charge < -0.3 is 0 Å². The molecule has 2 N–H and O–H groups in total. The summed E-state index contributed by atoms with van der Waals surface area (Å²) in [7, 11) is 0. The fourth-order valence-corrected chi connectivity index (χ4v) is 3.03. The molecule has 0 saturated carbocycles. The van der Waals surface area contributed by atoms with Crippen LogP contribution >= 0.6 is 27.3 Å². The highest BCUT2D eigenvalue weighted by Gasteiger charge is 2.06. The van der Waals surface area contributed by atoms with Crippen LogP contribution in [-0.2, 0) is 11.4 Å². The van der Waals surface area contributed by atoms with Crippen LogP contribution in [0.5, 0.6) is 0 Å². The fourth-order valence-electron chi connectivity index (χ4n) is 1.30. The average Bonchev–Trinajstić information content (AvgIpc) is 2.51. The SMILES string of the molecule is NOCc1csc2cccc(Br)c12. The number of halogens is 1. The first-order valence-corrected chi connectivity index (χ1v) is 5.46. The molecule has 0 saturated heterocycles. The summed E-state index contributed by atoms with van der Waals surface area (Å²) in [5.74, 6) is 5.05. The normalized spacial score (nSPS) is 10.9. The van der Waals surface area contributed by atoms with Gasteiger partial charge in [-0.15, -0.1) is 11.3 Å². The van der Waals surface area contributed by atoms with Gasteiger partial charge in [-0.25, -0.2) is 5.90 Å². The molecule has 0 amide bonds. The van der Waals surface area contributed by atoms with E-state index in [1.165, 1.54) is 10.1 Å². The predicted octanol–water partition coefficient (Wildman–Crippen LogP) is 3.05. The van der Waals surface area contributed by atoms with Gasteiger partial charge in [0.1, 0.15) is 0 Å². The van der Waals surface area contributed by atoms with Crippen LogP contribution < -0.4 is 5.90 Å². The Bertz CT molecular complexity index is 426. The van der Waals surface area contributed by atoms with E-state index in [0.29, 0.717) is 6.61 Å². The van der Waals surface area contributed by atoms with Crippen molar-refractivity contribution in [1.29, 1.82) is 0 Å². The van der Waals surface area contributed by atoms with Crippen LogP contribution in [0, 0.1) is 0 Å². The quantitative estimate of drug-likeness (QED) is 0.840. The van der Waals surface area contributed by atoms with Crippen LogP contribution in [0.25, 0.3) is 10.1 Å². The Balaban J connectivity index is 2.64. The summed E-state index contributed by atoms with van der Waals surface area (Å²) < 4.78 is 2.35. The summed E-state index contributed by atoms with van der Waals surface area (Å²) in [5.41, 5.74) is 1.13. The number of hydrogen-bond donors (Lipinski definition) is 1. The van der Waals surface area contributed by atoms with E-state index < -0.39 is 0 Å². The maximum Gasteiger partial charge on any atom is 0.0944 e. The van der Waals surface area contributed by atoms with E-state index >= 15 is 0 Å². The zero-order chi connectivity index (χ0) is 9.26. The van der Waals surface area contributed by atoms with Crippen molar-refractivity contribution < 1.29 is 4.84 Å². The molecule has 1 aromatic carbocycles. The molecule has 0 fully saturated rings. The van der Waals surface area contributed by atoms with Gasteiger partial charge >= 0.3 is 0 Å². The average molecular weight is 258 g/mol. The summed E-state index contributed by atoms with van der Waals surface area (Å²) in [4.78, 5) is 4.64. The molecule has 2 aromatic rings. The molecular weight excluding hydrogens is 250 g/mol. The number of benzene rings is 1. The highest BCUT2D eigenvalue weighted by Crippen LogP contribution is 2.32. The Labute approximate surface area is 88.4 Å². The van der Waals surface area contributed by atoms with Crippen LogP contribution in [0.3, 0.4) is 0 Å². The maximum atomic E-state index is 5.05. The van der Waals surface area contributed by atoms with Gasteiger partial charge in [-0.05, 0) is 23.1 Å². The molecule has 13 heavy (non-hydrogen) atoms. The Morgan fingerprint density at radius 3 is 3.08 bits per heavy atom. The predicted molar refractivity (Wildman–Crippen MR) is 58.5 cm³/mol. The van der Waals surface area contributed by atoms with E-state index in [4.69, 9.17) is 5.90 Å². The van der Waals surface area contributed by atoms with Crippen molar-refractivity contribution >= 4 is 37.4 Å². The van der Waals surface area contributed by atoms with Crippen LogP contribution in [0.4, 0.5) is 0 Å². The minimum absolute atomic E-state index is 0.461. The van der Waals surface area contributed by atoms with Gasteiger partial charge in [-0.3, -0.25) is 4.84 Å². The second-order valence-electron chi connectivity index (χ2n) is 2.68. The number of hydrogen-bond acceptors (Lipinski definition) is 3.